The van der Waals surface area contributed by atoms with Crippen LogP contribution in [0.15, 0.2) is 18.2 Å². The molecule has 0 saturated heterocycles. The summed E-state index contributed by atoms with van der Waals surface area (Å²) in [6.45, 7) is -0.237. The number of nitrogens with two attached hydrogens (primary N) is 2. The molecule has 1 aliphatic heterocycles. The van der Waals surface area contributed by atoms with Crippen molar-refractivity contribution in [2.75, 3.05) is 17.2 Å². The Labute approximate surface area is 109 Å². The van der Waals surface area contributed by atoms with Gasteiger partial charge in [-0.3, -0.25) is 14.9 Å². The summed E-state index contributed by atoms with van der Waals surface area (Å²) in [7, 11) is 0. The molecule has 1 aliphatic rings. The first-order chi connectivity index (χ1) is 8.97. The van der Waals surface area contributed by atoms with Crippen molar-refractivity contribution < 1.29 is 14.4 Å². The number of anilines is 2. The van der Waals surface area contributed by atoms with Crippen LogP contribution in [0.25, 0.3) is 0 Å². The third-order valence-electron chi connectivity index (χ3n) is 2.87. The van der Waals surface area contributed by atoms with Gasteiger partial charge in [-0.05, 0) is 30.2 Å². The van der Waals surface area contributed by atoms with Crippen LogP contribution in [-0.2, 0) is 16.0 Å². The number of hydrogen-bond acceptors (Lipinski definition) is 4. The average Bonchev–Trinajstić information content (AvgIpc) is 2.32. The zero-order valence-electron chi connectivity index (χ0n) is 10.2. The predicted molar refractivity (Wildman–Crippen MR) is 69.3 cm³/mol. The minimum Gasteiger partial charge on any atom is -0.399 e. The lowest BCUT2D eigenvalue weighted by molar-refractivity contribution is -0.123. The minimum atomic E-state index is -0.938. The Morgan fingerprint density at radius 3 is 2.74 bits per heavy atom. The number of primary amides is 1. The van der Waals surface area contributed by atoms with Crippen LogP contribution in [0.4, 0.5) is 16.2 Å². The molecule has 19 heavy (non-hydrogen) atoms. The molecule has 7 nitrogen and oxygen atoms in total. The van der Waals surface area contributed by atoms with Gasteiger partial charge in [0.25, 0.3) is 0 Å². The highest BCUT2D eigenvalue weighted by Crippen LogP contribution is 2.29. The van der Waals surface area contributed by atoms with E-state index in [2.05, 4.69) is 0 Å². The smallest absolute Gasteiger partial charge is 0.318 e. The van der Waals surface area contributed by atoms with E-state index in [9.17, 15) is 14.4 Å². The molecule has 0 saturated carbocycles. The van der Waals surface area contributed by atoms with Crippen LogP contribution >= 0.6 is 0 Å². The molecule has 1 aromatic carbocycles. The summed E-state index contributed by atoms with van der Waals surface area (Å²) in [4.78, 5) is 35.3. The number of urea groups is 1. The second-order valence-corrected chi connectivity index (χ2v) is 4.28. The maximum atomic E-state index is 11.9. The van der Waals surface area contributed by atoms with E-state index in [-0.39, 0.29) is 12.5 Å². The fourth-order valence-electron chi connectivity index (χ4n) is 2.07. The number of aryl methyl sites for hydroxylation is 1. The topological polar surface area (TPSA) is 119 Å². The van der Waals surface area contributed by atoms with Crippen molar-refractivity contribution in [1.82, 2.24) is 5.32 Å². The standard InChI is InChI=1S/C12H14N4O3/c13-8-2-3-9-7(5-8)1-4-11(18)16(9)6-10(17)15-12(14)19/h2-3,5H,1,4,6,13H2,(H3,14,15,17,19). The molecule has 0 aromatic heterocycles. The molecule has 0 bridgehead atoms. The lowest BCUT2D eigenvalue weighted by atomic mass is 10.0. The SMILES string of the molecule is NC(=O)NC(=O)CN1C(=O)CCc2cc(N)ccc21. The molecule has 2 rings (SSSR count). The van der Waals surface area contributed by atoms with Gasteiger partial charge in [-0.1, -0.05) is 0 Å². The molecule has 0 aliphatic carbocycles. The number of carbonyl (C=O) groups excluding carboxylic acids is 3. The second-order valence-electron chi connectivity index (χ2n) is 4.28. The number of nitrogens with one attached hydrogen (secondary N) is 1. The van der Waals surface area contributed by atoms with Crippen molar-refractivity contribution in [1.29, 1.82) is 0 Å². The highest BCUT2D eigenvalue weighted by atomic mass is 16.2. The predicted octanol–water partition coefficient (Wildman–Crippen LogP) is -0.257. The molecule has 0 fully saturated rings. The lowest BCUT2D eigenvalue weighted by Gasteiger charge is -2.28. The van der Waals surface area contributed by atoms with Crippen molar-refractivity contribution in [3.8, 4) is 0 Å². The van der Waals surface area contributed by atoms with E-state index >= 15 is 0 Å². The maximum absolute atomic E-state index is 11.9. The van der Waals surface area contributed by atoms with Gasteiger partial charge in [0.05, 0.1) is 0 Å². The van der Waals surface area contributed by atoms with Crippen molar-refractivity contribution in [3.05, 3.63) is 23.8 Å². The third kappa shape index (κ3) is 2.82. The van der Waals surface area contributed by atoms with Gasteiger partial charge in [0.1, 0.15) is 6.54 Å². The normalized spacial score (nSPS) is 13.9. The minimum absolute atomic E-state index is 0.170. The van der Waals surface area contributed by atoms with Crippen LogP contribution in [0.3, 0.4) is 0 Å². The molecule has 4 amide bonds. The molecule has 0 unspecified atom stereocenters. The van der Waals surface area contributed by atoms with Gasteiger partial charge >= 0.3 is 6.03 Å². The number of nitrogen functional groups attached to an aromatic ring is 1. The van der Waals surface area contributed by atoms with E-state index in [0.717, 1.165) is 5.56 Å². The Bertz CT molecular complexity index is 556. The van der Waals surface area contributed by atoms with Crippen molar-refractivity contribution in [2.24, 2.45) is 5.73 Å². The van der Waals surface area contributed by atoms with Gasteiger partial charge in [-0.15, -0.1) is 0 Å². The number of hydrogen-bond donors (Lipinski definition) is 3. The molecule has 0 atom stereocenters. The van der Waals surface area contributed by atoms with Crippen molar-refractivity contribution in [2.45, 2.75) is 12.8 Å². The number of nitrogens with zero attached hydrogens (tertiary/aromatic N) is 1. The lowest BCUT2D eigenvalue weighted by Crippen LogP contribution is -2.46. The van der Waals surface area contributed by atoms with Crippen molar-refractivity contribution >= 4 is 29.2 Å². The number of carbonyl (C=O) groups is 3. The summed E-state index contributed by atoms with van der Waals surface area (Å²) in [6, 6.07) is 4.20. The fourth-order valence-corrected chi connectivity index (χ4v) is 2.07. The van der Waals surface area contributed by atoms with Crippen LogP contribution in [0.1, 0.15) is 12.0 Å². The zero-order valence-corrected chi connectivity index (χ0v) is 10.2. The summed E-state index contributed by atoms with van der Waals surface area (Å²) in [6.07, 6.45) is 0.896. The zero-order chi connectivity index (χ0) is 14.0. The van der Waals surface area contributed by atoms with E-state index in [4.69, 9.17) is 11.5 Å². The average molecular weight is 262 g/mol. The number of imide groups is 1. The molecule has 5 N–H and O–H groups in total. The van der Waals surface area contributed by atoms with Crippen LogP contribution in [0.2, 0.25) is 0 Å². The number of rotatable bonds is 2. The second kappa shape index (κ2) is 4.97. The molecule has 7 heteroatoms. The first-order valence-corrected chi connectivity index (χ1v) is 5.75. The Kier molecular flexibility index (Phi) is 3.37. The fraction of sp³-hybridized carbons (Fsp3) is 0.250. The maximum Gasteiger partial charge on any atom is 0.318 e. The van der Waals surface area contributed by atoms with E-state index in [1.807, 2.05) is 5.32 Å². The van der Waals surface area contributed by atoms with Crippen LogP contribution in [-0.4, -0.2) is 24.4 Å². The summed E-state index contributed by atoms with van der Waals surface area (Å²) >= 11 is 0. The molecular weight excluding hydrogens is 248 g/mol. The largest absolute Gasteiger partial charge is 0.399 e. The van der Waals surface area contributed by atoms with Crippen LogP contribution in [0.5, 0.6) is 0 Å². The summed E-state index contributed by atoms with van der Waals surface area (Å²) in [5.74, 6) is -0.789. The Balaban J connectivity index is 2.23. The van der Waals surface area contributed by atoms with Gasteiger partial charge in [0.2, 0.25) is 11.8 Å². The van der Waals surface area contributed by atoms with Crippen LogP contribution < -0.4 is 21.7 Å². The number of amides is 4. The Morgan fingerprint density at radius 1 is 1.32 bits per heavy atom. The van der Waals surface area contributed by atoms with E-state index in [1.54, 1.807) is 18.2 Å². The number of benzene rings is 1. The Morgan fingerprint density at radius 2 is 2.05 bits per heavy atom. The van der Waals surface area contributed by atoms with Gasteiger partial charge in [0, 0.05) is 17.8 Å². The Hall–Kier alpha value is -2.57. The first-order valence-electron chi connectivity index (χ1n) is 5.75. The monoisotopic (exact) mass is 262 g/mol. The first kappa shape index (κ1) is 12.9. The van der Waals surface area contributed by atoms with Gasteiger partial charge in [-0.25, -0.2) is 4.79 Å². The quantitative estimate of drug-likeness (QED) is 0.636. The molecule has 1 heterocycles. The summed E-state index contributed by atoms with van der Waals surface area (Å²) < 4.78 is 0. The van der Waals surface area contributed by atoms with E-state index in [0.29, 0.717) is 24.2 Å². The third-order valence-corrected chi connectivity index (χ3v) is 2.87. The highest BCUT2D eigenvalue weighted by molar-refractivity contribution is 6.04. The van der Waals surface area contributed by atoms with Gasteiger partial charge in [-0.2, -0.15) is 0 Å². The molecule has 100 valence electrons. The van der Waals surface area contributed by atoms with Crippen molar-refractivity contribution in [3.63, 3.8) is 0 Å². The van der Waals surface area contributed by atoms with Gasteiger partial charge in [0.15, 0.2) is 0 Å². The van der Waals surface area contributed by atoms with Gasteiger partial charge < -0.3 is 16.4 Å². The van der Waals surface area contributed by atoms with E-state index < -0.39 is 11.9 Å². The molecule has 0 radical (unpaired) electrons. The molecular formula is C12H14N4O3. The molecule has 1 aromatic rings. The van der Waals surface area contributed by atoms with E-state index in [1.165, 1.54) is 4.90 Å². The molecule has 0 spiro atoms. The highest BCUT2D eigenvalue weighted by Gasteiger charge is 2.26. The number of fused-ring (bicyclic) bond motifs is 1. The summed E-state index contributed by atoms with van der Waals surface area (Å²) in [5, 5.41) is 1.93. The van der Waals surface area contributed by atoms with Crippen LogP contribution in [0, 0.1) is 0 Å². The summed E-state index contributed by atoms with van der Waals surface area (Å²) in [5.41, 5.74) is 12.7.